The first kappa shape index (κ1) is 11.9. The van der Waals surface area contributed by atoms with Crippen molar-refractivity contribution < 1.29 is 5.11 Å². The van der Waals surface area contributed by atoms with Crippen molar-refractivity contribution in [3.8, 4) is 0 Å². The molecule has 2 aromatic rings. The predicted octanol–water partition coefficient (Wildman–Crippen LogP) is 2.31. The van der Waals surface area contributed by atoms with E-state index in [2.05, 4.69) is 37.1 Å². The lowest BCUT2D eigenvalue weighted by molar-refractivity contribution is 0.178. The van der Waals surface area contributed by atoms with E-state index in [1.807, 2.05) is 13.2 Å². The highest BCUT2D eigenvalue weighted by Gasteiger charge is 2.11. The van der Waals surface area contributed by atoms with Gasteiger partial charge in [-0.15, -0.1) is 0 Å². The molecule has 0 saturated heterocycles. The zero-order valence-electron chi connectivity index (χ0n) is 10.5. The second-order valence-electron chi connectivity index (χ2n) is 4.60. The van der Waals surface area contributed by atoms with E-state index in [1.54, 1.807) is 10.9 Å². The molecule has 90 valence electrons. The van der Waals surface area contributed by atoms with Crippen LogP contribution in [0.5, 0.6) is 0 Å². The molecule has 1 aromatic heterocycles. The van der Waals surface area contributed by atoms with Crippen molar-refractivity contribution in [2.75, 3.05) is 0 Å². The molecule has 0 saturated carbocycles. The molecule has 0 radical (unpaired) electrons. The molecule has 0 aliphatic heterocycles. The summed E-state index contributed by atoms with van der Waals surface area (Å²) in [7, 11) is 1.86. The monoisotopic (exact) mass is 230 g/mol. The summed E-state index contributed by atoms with van der Waals surface area (Å²) in [5.74, 6) is 0. The van der Waals surface area contributed by atoms with Gasteiger partial charge in [-0.1, -0.05) is 23.8 Å². The molecule has 17 heavy (non-hydrogen) atoms. The van der Waals surface area contributed by atoms with Crippen LogP contribution in [-0.2, 0) is 13.5 Å². The lowest BCUT2D eigenvalue weighted by Crippen LogP contribution is -2.02. The smallest absolute Gasteiger partial charge is 0.0860 e. The van der Waals surface area contributed by atoms with Crippen LogP contribution in [-0.4, -0.2) is 14.9 Å². The molecule has 0 aliphatic carbocycles. The number of aliphatic hydroxyl groups is 1. The third kappa shape index (κ3) is 2.74. The highest BCUT2D eigenvalue weighted by atomic mass is 16.3. The Labute approximate surface area is 102 Å². The summed E-state index contributed by atoms with van der Waals surface area (Å²) in [5.41, 5.74) is 4.51. The zero-order chi connectivity index (χ0) is 12.4. The molecule has 3 heteroatoms. The fraction of sp³-hybridized carbons (Fsp3) is 0.357. The minimum Gasteiger partial charge on any atom is -0.388 e. The summed E-state index contributed by atoms with van der Waals surface area (Å²) in [6.45, 7) is 4.14. The van der Waals surface area contributed by atoms with Crippen LogP contribution < -0.4 is 0 Å². The third-order valence-corrected chi connectivity index (χ3v) is 3.03. The van der Waals surface area contributed by atoms with Gasteiger partial charge < -0.3 is 5.11 Å². The number of rotatable bonds is 3. The highest BCUT2D eigenvalue weighted by Crippen LogP contribution is 2.20. The van der Waals surface area contributed by atoms with Crippen molar-refractivity contribution in [1.82, 2.24) is 9.78 Å². The van der Waals surface area contributed by atoms with Gasteiger partial charge in [-0.3, -0.25) is 4.68 Å². The Bertz CT molecular complexity index is 517. The summed E-state index contributed by atoms with van der Waals surface area (Å²) in [5, 5.41) is 14.2. The Morgan fingerprint density at radius 3 is 2.76 bits per heavy atom. The van der Waals surface area contributed by atoms with Crippen LogP contribution >= 0.6 is 0 Å². The van der Waals surface area contributed by atoms with Crippen LogP contribution in [0.1, 0.15) is 28.4 Å². The second kappa shape index (κ2) is 4.72. The molecule has 1 N–H and O–H groups in total. The normalized spacial score (nSPS) is 12.7. The molecule has 3 nitrogen and oxygen atoms in total. The molecule has 0 bridgehead atoms. The fourth-order valence-electron chi connectivity index (χ4n) is 1.96. The molecule has 1 heterocycles. The quantitative estimate of drug-likeness (QED) is 0.878. The third-order valence-electron chi connectivity index (χ3n) is 3.03. The summed E-state index contributed by atoms with van der Waals surface area (Å²) in [6, 6.07) is 6.32. The number of aromatic nitrogens is 2. The van der Waals surface area contributed by atoms with Crippen LogP contribution in [0.25, 0.3) is 0 Å². The summed E-state index contributed by atoms with van der Waals surface area (Å²) >= 11 is 0. The number of aryl methyl sites for hydroxylation is 3. The van der Waals surface area contributed by atoms with E-state index in [0.29, 0.717) is 6.42 Å². The molecular weight excluding hydrogens is 212 g/mol. The molecule has 1 aromatic carbocycles. The van der Waals surface area contributed by atoms with Gasteiger partial charge in [0.05, 0.1) is 12.3 Å². The average molecular weight is 230 g/mol. The molecule has 1 unspecified atom stereocenters. The first-order valence-corrected chi connectivity index (χ1v) is 5.79. The van der Waals surface area contributed by atoms with Crippen molar-refractivity contribution >= 4 is 0 Å². The Hall–Kier alpha value is -1.61. The Kier molecular flexibility index (Phi) is 3.29. The number of hydrogen-bond acceptors (Lipinski definition) is 2. The molecule has 0 amide bonds. The lowest BCUT2D eigenvalue weighted by Gasteiger charge is -2.11. The van der Waals surface area contributed by atoms with Crippen molar-refractivity contribution in [2.45, 2.75) is 26.4 Å². The predicted molar refractivity (Wildman–Crippen MR) is 67.8 cm³/mol. The molecule has 2 rings (SSSR count). The summed E-state index contributed by atoms with van der Waals surface area (Å²) in [6.07, 6.45) is 3.73. The average Bonchev–Trinajstić information content (AvgIpc) is 2.70. The first-order chi connectivity index (χ1) is 8.06. The van der Waals surface area contributed by atoms with Gasteiger partial charge in [-0.2, -0.15) is 5.10 Å². The van der Waals surface area contributed by atoms with Crippen molar-refractivity contribution in [3.05, 3.63) is 52.8 Å². The first-order valence-electron chi connectivity index (χ1n) is 5.79. The summed E-state index contributed by atoms with van der Waals surface area (Å²) in [4.78, 5) is 0. The van der Waals surface area contributed by atoms with Gasteiger partial charge in [-0.25, -0.2) is 0 Å². The standard InChI is InChI=1S/C14H18N2O/c1-10-4-5-11(2)12(6-10)7-14(17)13-8-15-16(3)9-13/h4-6,8-9,14,17H,7H2,1-3H3. The number of nitrogens with zero attached hydrogens (tertiary/aromatic N) is 2. The molecular formula is C14H18N2O. The van der Waals surface area contributed by atoms with Crippen molar-refractivity contribution in [1.29, 1.82) is 0 Å². The van der Waals surface area contributed by atoms with E-state index in [1.165, 1.54) is 16.7 Å². The van der Waals surface area contributed by atoms with Gasteiger partial charge >= 0.3 is 0 Å². The van der Waals surface area contributed by atoms with Gasteiger partial charge in [0, 0.05) is 25.2 Å². The van der Waals surface area contributed by atoms with Gasteiger partial charge in [0.1, 0.15) is 0 Å². The fourth-order valence-corrected chi connectivity index (χ4v) is 1.96. The number of aliphatic hydroxyl groups excluding tert-OH is 1. The van der Waals surface area contributed by atoms with Crippen LogP contribution in [0.15, 0.2) is 30.6 Å². The van der Waals surface area contributed by atoms with Crippen LogP contribution in [0.4, 0.5) is 0 Å². The SMILES string of the molecule is Cc1ccc(C)c(CC(O)c2cnn(C)c2)c1. The van der Waals surface area contributed by atoms with Crippen molar-refractivity contribution in [2.24, 2.45) is 7.05 Å². The molecule has 0 aliphatic rings. The van der Waals surface area contributed by atoms with Crippen LogP contribution in [0.3, 0.4) is 0 Å². The Balaban J connectivity index is 2.18. The Morgan fingerprint density at radius 2 is 2.12 bits per heavy atom. The Morgan fingerprint density at radius 1 is 1.35 bits per heavy atom. The second-order valence-corrected chi connectivity index (χ2v) is 4.60. The van der Waals surface area contributed by atoms with Crippen LogP contribution in [0.2, 0.25) is 0 Å². The number of hydrogen-bond donors (Lipinski definition) is 1. The van der Waals surface area contributed by atoms with E-state index in [-0.39, 0.29) is 0 Å². The van der Waals surface area contributed by atoms with E-state index in [9.17, 15) is 5.11 Å². The van der Waals surface area contributed by atoms with Crippen molar-refractivity contribution in [3.63, 3.8) is 0 Å². The maximum atomic E-state index is 10.1. The van der Waals surface area contributed by atoms with E-state index in [0.717, 1.165) is 5.56 Å². The maximum Gasteiger partial charge on any atom is 0.0860 e. The van der Waals surface area contributed by atoms with Crippen LogP contribution in [0, 0.1) is 13.8 Å². The maximum absolute atomic E-state index is 10.1. The number of benzene rings is 1. The molecule has 0 spiro atoms. The summed E-state index contributed by atoms with van der Waals surface area (Å²) < 4.78 is 1.71. The van der Waals surface area contributed by atoms with Gasteiger partial charge in [0.25, 0.3) is 0 Å². The minimum absolute atomic E-state index is 0.482. The van der Waals surface area contributed by atoms with E-state index < -0.39 is 6.10 Å². The van der Waals surface area contributed by atoms with E-state index in [4.69, 9.17) is 0 Å². The largest absolute Gasteiger partial charge is 0.388 e. The zero-order valence-corrected chi connectivity index (χ0v) is 10.5. The van der Waals surface area contributed by atoms with Gasteiger partial charge in [0.15, 0.2) is 0 Å². The molecule has 1 atom stereocenters. The van der Waals surface area contributed by atoms with Gasteiger partial charge in [-0.05, 0) is 25.0 Å². The van der Waals surface area contributed by atoms with Gasteiger partial charge in [0.2, 0.25) is 0 Å². The minimum atomic E-state index is -0.482. The highest BCUT2D eigenvalue weighted by molar-refractivity contribution is 5.31. The topological polar surface area (TPSA) is 38.1 Å². The van der Waals surface area contributed by atoms with E-state index >= 15 is 0 Å². The molecule has 0 fully saturated rings. The lowest BCUT2D eigenvalue weighted by atomic mass is 9.98.